The topological polar surface area (TPSA) is 17.8 Å². The molecular formula is C9H6F4N2. The predicted molar refractivity (Wildman–Crippen MR) is 45.7 cm³/mol. The van der Waals surface area contributed by atoms with Gasteiger partial charge >= 0.3 is 6.18 Å². The van der Waals surface area contributed by atoms with Crippen LogP contribution < -0.4 is 0 Å². The first-order valence-electron chi connectivity index (χ1n) is 4.13. The fraction of sp³-hybridized carbons (Fsp3) is 0.222. The molecule has 2 rings (SSSR count). The number of aromatic nitrogens is 2. The highest BCUT2D eigenvalue weighted by Gasteiger charge is 2.29. The van der Waals surface area contributed by atoms with Crippen molar-refractivity contribution in [3.8, 4) is 0 Å². The first-order valence-corrected chi connectivity index (χ1v) is 4.13. The molecule has 1 aromatic carbocycles. The quantitative estimate of drug-likeness (QED) is 0.673. The van der Waals surface area contributed by atoms with Crippen molar-refractivity contribution in [2.24, 2.45) is 0 Å². The zero-order chi connectivity index (χ0) is 11.1. The summed E-state index contributed by atoms with van der Waals surface area (Å²) < 4.78 is 49.8. The number of hydrogen-bond acceptors (Lipinski definition) is 1. The molecule has 6 heteroatoms. The number of benzene rings is 1. The summed E-state index contributed by atoms with van der Waals surface area (Å²) in [6.07, 6.45) is -3.11. The van der Waals surface area contributed by atoms with Crippen molar-refractivity contribution in [3.63, 3.8) is 0 Å². The van der Waals surface area contributed by atoms with Gasteiger partial charge < -0.3 is 0 Å². The molecule has 80 valence electrons. The number of fused-ring (bicyclic) bond motifs is 1. The van der Waals surface area contributed by atoms with Crippen LogP contribution in [0.1, 0.15) is 0 Å². The van der Waals surface area contributed by atoms with E-state index in [1.54, 1.807) is 0 Å². The van der Waals surface area contributed by atoms with Crippen LogP contribution in [0.15, 0.2) is 24.4 Å². The van der Waals surface area contributed by atoms with E-state index in [1.165, 1.54) is 12.3 Å². The van der Waals surface area contributed by atoms with Gasteiger partial charge in [-0.25, -0.2) is 4.39 Å². The lowest BCUT2D eigenvalue weighted by atomic mass is 10.2. The molecule has 0 saturated carbocycles. The molecule has 0 aliphatic heterocycles. The molecule has 1 aromatic heterocycles. The van der Waals surface area contributed by atoms with Crippen LogP contribution in [0.25, 0.3) is 10.9 Å². The number of alkyl halides is 3. The van der Waals surface area contributed by atoms with E-state index in [0.717, 1.165) is 16.8 Å². The van der Waals surface area contributed by atoms with E-state index in [1.807, 2.05) is 0 Å². The van der Waals surface area contributed by atoms with E-state index in [-0.39, 0.29) is 5.52 Å². The summed E-state index contributed by atoms with van der Waals surface area (Å²) >= 11 is 0. The van der Waals surface area contributed by atoms with Crippen molar-refractivity contribution in [2.45, 2.75) is 12.7 Å². The number of nitrogens with zero attached hydrogens (tertiary/aromatic N) is 2. The second kappa shape index (κ2) is 3.22. The molecule has 0 fully saturated rings. The largest absolute Gasteiger partial charge is 0.408 e. The SMILES string of the molecule is Fc1ccc2c(cnn2CC(F)(F)F)c1. The standard InChI is InChI=1S/C9H6F4N2/c10-7-1-2-8-6(3-7)4-14-15(8)5-9(11,12)13/h1-4H,5H2. The third-order valence-corrected chi connectivity index (χ3v) is 1.93. The van der Waals surface area contributed by atoms with Crippen LogP contribution in [0.4, 0.5) is 17.6 Å². The zero-order valence-electron chi connectivity index (χ0n) is 7.42. The number of rotatable bonds is 1. The van der Waals surface area contributed by atoms with Gasteiger partial charge in [0.25, 0.3) is 0 Å². The van der Waals surface area contributed by atoms with Gasteiger partial charge in [-0.2, -0.15) is 18.3 Å². The molecule has 0 aliphatic rings. The van der Waals surface area contributed by atoms with Crippen molar-refractivity contribution in [3.05, 3.63) is 30.2 Å². The van der Waals surface area contributed by atoms with Crippen LogP contribution >= 0.6 is 0 Å². The van der Waals surface area contributed by atoms with Crippen molar-refractivity contribution in [1.82, 2.24) is 9.78 Å². The summed E-state index contributed by atoms with van der Waals surface area (Å²) in [6.45, 7) is -1.16. The average Bonchev–Trinajstić information content (AvgIpc) is 2.45. The highest BCUT2D eigenvalue weighted by atomic mass is 19.4. The number of halogens is 4. The van der Waals surface area contributed by atoms with E-state index in [4.69, 9.17) is 0 Å². The fourth-order valence-electron chi connectivity index (χ4n) is 1.35. The predicted octanol–water partition coefficient (Wildman–Crippen LogP) is 2.74. The Morgan fingerprint density at radius 1 is 1.27 bits per heavy atom. The second-order valence-corrected chi connectivity index (χ2v) is 3.12. The first-order chi connectivity index (χ1) is 6.96. The van der Waals surface area contributed by atoms with Crippen LogP contribution in [-0.2, 0) is 6.54 Å². The van der Waals surface area contributed by atoms with Gasteiger partial charge in [-0.15, -0.1) is 0 Å². The first kappa shape index (κ1) is 9.95. The van der Waals surface area contributed by atoms with Gasteiger partial charge in [-0.1, -0.05) is 0 Å². The Morgan fingerprint density at radius 2 is 2.00 bits per heavy atom. The molecule has 0 unspecified atom stereocenters. The van der Waals surface area contributed by atoms with E-state index in [2.05, 4.69) is 5.10 Å². The molecule has 0 saturated heterocycles. The summed E-state index contributed by atoms with van der Waals surface area (Å²) in [4.78, 5) is 0. The third kappa shape index (κ3) is 2.08. The zero-order valence-corrected chi connectivity index (χ0v) is 7.42. The van der Waals surface area contributed by atoms with E-state index >= 15 is 0 Å². The molecule has 0 bridgehead atoms. The minimum atomic E-state index is -4.33. The molecule has 0 spiro atoms. The lowest BCUT2D eigenvalue weighted by Crippen LogP contribution is -2.18. The molecule has 0 radical (unpaired) electrons. The molecule has 15 heavy (non-hydrogen) atoms. The van der Waals surface area contributed by atoms with Gasteiger partial charge in [0.15, 0.2) is 0 Å². The molecule has 2 nitrogen and oxygen atoms in total. The Hall–Kier alpha value is -1.59. The molecule has 0 amide bonds. The maximum atomic E-state index is 12.7. The Bertz CT molecular complexity index is 486. The average molecular weight is 218 g/mol. The van der Waals surface area contributed by atoms with E-state index in [9.17, 15) is 17.6 Å². The molecular weight excluding hydrogens is 212 g/mol. The monoisotopic (exact) mass is 218 g/mol. The normalized spacial score (nSPS) is 12.3. The third-order valence-electron chi connectivity index (χ3n) is 1.93. The van der Waals surface area contributed by atoms with Gasteiger partial charge in [0, 0.05) is 5.39 Å². The molecule has 1 heterocycles. The molecule has 0 aliphatic carbocycles. The summed E-state index contributed by atoms with van der Waals surface area (Å²) in [6, 6.07) is 3.54. The summed E-state index contributed by atoms with van der Waals surface area (Å²) in [7, 11) is 0. The molecule has 0 atom stereocenters. The fourth-order valence-corrected chi connectivity index (χ4v) is 1.35. The smallest absolute Gasteiger partial charge is 0.256 e. The Labute approximate surface area is 82.1 Å². The van der Waals surface area contributed by atoms with Crippen LogP contribution in [0.2, 0.25) is 0 Å². The van der Waals surface area contributed by atoms with Crippen molar-refractivity contribution in [2.75, 3.05) is 0 Å². The minimum Gasteiger partial charge on any atom is -0.256 e. The highest BCUT2D eigenvalue weighted by molar-refractivity contribution is 5.78. The van der Waals surface area contributed by atoms with Crippen molar-refractivity contribution < 1.29 is 17.6 Å². The summed E-state index contributed by atoms with van der Waals surface area (Å²) in [5, 5.41) is 3.91. The van der Waals surface area contributed by atoms with Crippen molar-refractivity contribution in [1.29, 1.82) is 0 Å². The Balaban J connectivity index is 2.45. The minimum absolute atomic E-state index is 0.272. The Morgan fingerprint density at radius 3 is 2.67 bits per heavy atom. The van der Waals surface area contributed by atoms with Crippen LogP contribution in [0.5, 0.6) is 0 Å². The number of hydrogen-bond donors (Lipinski definition) is 0. The lowest BCUT2D eigenvalue weighted by molar-refractivity contribution is -0.141. The molecule has 2 aromatic rings. The van der Waals surface area contributed by atoms with E-state index in [0.29, 0.717) is 5.39 Å². The van der Waals surface area contributed by atoms with Gasteiger partial charge in [0.2, 0.25) is 0 Å². The molecule has 0 N–H and O–H groups in total. The maximum Gasteiger partial charge on any atom is 0.408 e. The maximum absolute atomic E-state index is 12.7. The van der Waals surface area contributed by atoms with Gasteiger partial charge in [-0.3, -0.25) is 4.68 Å². The van der Waals surface area contributed by atoms with Crippen molar-refractivity contribution >= 4 is 10.9 Å². The van der Waals surface area contributed by atoms with Crippen LogP contribution in [0.3, 0.4) is 0 Å². The van der Waals surface area contributed by atoms with E-state index < -0.39 is 18.5 Å². The van der Waals surface area contributed by atoms with Crippen LogP contribution in [0, 0.1) is 5.82 Å². The second-order valence-electron chi connectivity index (χ2n) is 3.12. The van der Waals surface area contributed by atoms with Gasteiger partial charge in [0.1, 0.15) is 12.4 Å². The summed E-state index contributed by atoms with van der Waals surface area (Å²) in [5.74, 6) is -0.492. The summed E-state index contributed by atoms with van der Waals surface area (Å²) in [5.41, 5.74) is 0.272. The van der Waals surface area contributed by atoms with Gasteiger partial charge in [-0.05, 0) is 18.2 Å². The highest BCUT2D eigenvalue weighted by Crippen LogP contribution is 2.21. The van der Waals surface area contributed by atoms with Crippen LogP contribution in [-0.4, -0.2) is 16.0 Å². The van der Waals surface area contributed by atoms with Gasteiger partial charge in [0.05, 0.1) is 11.7 Å². The Kier molecular flexibility index (Phi) is 2.13. The lowest BCUT2D eigenvalue weighted by Gasteiger charge is -2.06.